The van der Waals surface area contributed by atoms with Gasteiger partial charge in [0.1, 0.15) is 5.82 Å². The zero-order valence-electron chi connectivity index (χ0n) is 17.4. The van der Waals surface area contributed by atoms with Crippen LogP contribution < -0.4 is 10.6 Å². The van der Waals surface area contributed by atoms with E-state index in [9.17, 15) is 14.0 Å². The topological polar surface area (TPSA) is 88.9 Å². The summed E-state index contributed by atoms with van der Waals surface area (Å²) in [6.07, 6.45) is 0.944. The van der Waals surface area contributed by atoms with Crippen LogP contribution in [-0.4, -0.2) is 32.3 Å². The summed E-state index contributed by atoms with van der Waals surface area (Å²) in [6.45, 7) is 4.67. The minimum absolute atomic E-state index is 0.0247. The van der Waals surface area contributed by atoms with E-state index in [1.807, 2.05) is 35.8 Å². The number of benzene rings is 2. The molecule has 0 spiro atoms. The van der Waals surface area contributed by atoms with Gasteiger partial charge >= 0.3 is 0 Å². The van der Waals surface area contributed by atoms with Crippen LogP contribution in [0.2, 0.25) is 0 Å². The van der Waals surface area contributed by atoms with Crippen LogP contribution >= 0.6 is 11.8 Å². The molecule has 162 valence electrons. The van der Waals surface area contributed by atoms with Gasteiger partial charge < -0.3 is 15.2 Å². The van der Waals surface area contributed by atoms with Gasteiger partial charge in [-0.05, 0) is 43.2 Å². The van der Waals surface area contributed by atoms with E-state index in [2.05, 4.69) is 27.8 Å². The van der Waals surface area contributed by atoms with Crippen molar-refractivity contribution in [3.05, 3.63) is 71.3 Å². The molecule has 0 radical (unpaired) electrons. The molecule has 2 amide bonds. The van der Waals surface area contributed by atoms with E-state index in [1.54, 1.807) is 6.07 Å². The van der Waals surface area contributed by atoms with Crippen molar-refractivity contribution in [1.29, 1.82) is 0 Å². The number of carbonyl (C=O) groups is 2. The lowest BCUT2D eigenvalue weighted by Gasteiger charge is -2.09. The second-order valence-corrected chi connectivity index (χ2v) is 7.64. The van der Waals surface area contributed by atoms with Crippen LogP contribution in [0.4, 0.5) is 10.1 Å². The van der Waals surface area contributed by atoms with Crippen molar-refractivity contribution in [1.82, 2.24) is 20.1 Å². The Morgan fingerprint density at radius 3 is 2.48 bits per heavy atom. The predicted octanol–water partition coefficient (Wildman–Crippen LogP) is 3.66. The molecule has 0 bridgehead atoms. The average Bonchev–Trinajstić information content (AvgIpc) is 3.18. The van der Waals surface area contributed by atoms with Crippen molar-refractivity contribution < 1.29 is 14.0 Å². The zero-order chi connectivity index (χ0) is 22.2. The number of aromatic nitrogens is 3. The fourth-order valence-corrected chi connectivity index (χ4v) is 3.75. The summed E-state index contributed by atoms with van der Waals surface area (Å²) in [5.41, 5.74) is 1.93. The highest BCUT2D eigenvalue weighted by molar-refractivity contribution is 7.99. The summed E-state index contributed by atoms with van der Waals surface area (Å²) >= 11 is 1.27. The molecule has 9 heteroatoms. The van der Waals surface area contributed by atoms with E-state index in [0.717, 1.165) is 12.1 Å². The molecule has 0 atom stereocenters. The molecular weight excluding hydrogens is 417 g/mol. The Labute approximate surface area is 184 Å². The normalized spacial score (nSPS) is 10.7. The molecule has 0 aliphatic heterocycles. The number of carbonyl (C=O) groups excluding carboxylic acids is 2. The van der Waals surface area contributed by atoms with Crippen molar-refractivity contribution in [3.63, 3.8) is 0 Å². The summed E-state index contributed by atoms with van der Waals surface area (Å²) in [4.78, 5) is 24.5. The fraction of sp³-hybridized carbons (Fsp3) is 0.273. The Hall–Kier alpha value is -3.20. The van der Waals surface area contributed by atoms with Crippen LogP contribution in [0, 0.1) is 5.82 Å². The lowest BCUT2D eigenvalue weighted by atomic mass is 10.1. The molecule has 1 aromatic heterocycles. The van der Waals surface area contributed by atoms with E-state index < -0.39 is 11.7 Å². The van der Waals surface area contributed by atoms with Crippen LogP contribution in [0.5, 0.6) is 0 Å². The van der Waals surface area contributed by atoms with Gasteiger partial charge in [-0.2, -0.15) is 0 Å². The summed E-state index contributed by atoms with van der Waals surface area (Å²) in [5, 5.41) is 14.3. The van der Waals surface area contributed by atoms with Crippen LogP contribution in [0.3, 0.4) is 0 Å². The van der Waals surface area contributed by atoms with Crippen LogP contribution in [0.15, 0.2) is 53.7 Å². The van der Waals surface area contributed by atoms with Gasteiger partial charge in [0.15, 0.2) is 11.0 Å². The number of aryl methyl sites for hydroxylation is 1. The molecule has 2 N–H and O–H groups in total. The smallest absolute Gasteiger partial charge is 0.254 e. The number of halogens is 1. The summed E-state index contributed by atoms with van der Waals surface area (Å²) in [5.74, 6) is -0.538. The SMILES string of the molecule is CCc1ccc(NC(=O)CSc2nnc(CNC(=O)c3ccccc3F)n2CC)cc1. The van der Waals surface area contributed by atoms with Crippen LogP contribution in [-0.2, 0) is 24.3 Å². The molecule has 1 heterocycles. The maximum Gasteiger partial charge on any atom is 0.254 e. The van der Waals surface area contributed by atoms with Crippen molar-refractivity contribution in [2.24, 2.45) is 0 Å². The lowest BCUT2D eigenvalue weighted by Crippen LogP contribution is -2.25. The van der Waals surface area contributed by atoms with Crippen LogP contribution in [0.1, 0.15) is 35.6 Å². The monoisotopic (exact) mass is 441 g/mol. The van der Waals surface area contributed by atoms with Gasteiger partial charge in [0.05, 0.1) is 17.9 Å². The molecule has 31 heavy (non-hydrogen) atoms. The van der Waals surface area contributed by atoms with Crippen molar-refractivity contribution in [3.8, 4) is 0 Å². The molecule has 3 rings (SSSR count). The van der Waals surface area contributed by atoms with Crippen molar-refractivity contribution in [2.45, 2.75) is 38.5 Å². The Morgan fingerprint density at radius 1 is 1.06 bits per heavy atom. The molecule has 0 saturated carbocycles. The number of thioether (sulfide) groups is 1. The van der Waals surface area contributed by atoms with Gasteiger partial charge in [-0.15, -0.1) is 10.2 Å². The molecule has 0 saturated heterocycles. The van der Waals surface area contributed by atoms with Gasteiger partial charge in [-0.25, -0.2) is 4.39 Å². The Bertz CT molecular complexity index is 1050. The second kappa shape index (κ2) is 10.7. The third-order valence-corrected chi connectivity index (χ3v) is 5.58. The first kappa shape index (κ1) is 22.5. The van der Waals surface area contributed by atoms with E-state index in [-0.39, 0.29) is 23.8 Å². The first-order chi connectivity index (χ1) is 15.0. The van der Waals surface area contributed by atoms with E-state index >= 15 is 0 Å². The van der Waals surface area contributed by atoms with Gasteiger partial charge in [-0.1, -0.05) is 43.0 Å². The summed E-state index contributed by atoms with van der Waals surface area (Å²) in [6, 6.07) is 13.5. The first-order valence-electron chi connectivity index (χ1n) is 9.98. The third-order valence-electron chi connectivity index (χ3n) is 4.61. The Kier molecular flexibility index (Phi) is 7.77. The van der Waals surface area contributed by atoms with Gasteiger partial charge in [0, 0.05) is 12.2 Å². The average molecular weight is 442 g/mol. The molecule has 0 unspecified atom stereocenters. The van der Waals surface area contributed by atoms with Crippen molar-refractivity contribution >= 4 is 29.3 Å². The number of nitrogens with zero attached hydrogens (tertiary/aromatic N) is 3. The molecular formula is C22H24FN5O2S. The molecule has 0 aliphatic carbocycles. The van der Waals surface area contributed by atoms with Gasteiger partial charge in [-0.3, -0.25) is 9.59 Å². The second-order valence-electron chi connectivity index (χ2n) is 6.69. The van der Waals surface area contributed by atoms with Crippen LogP contribution in [0.25, 0.3) is 0 Å². The van der Waals surface area contributed by atoms with Gasteiger partial charge in [0.25, 0.3) is 5.91 Å². The maximum absolute atomic E-state index is 13.8. The van der Waals surface area contributed by atoms with Gasteiger partial charge in [0.2, 0.25) is 5.91 Å². The fourth-order valence-electron chi connectivity index (χ4n) is 2.93. The minimum atomic E-state index is -0.580. The quantitative estimate of drug-likeness (QED) is 0.495. The highest BCUT2D eigenvalue weighted by Gasteiger charge is 2.16. The third kappa shape index (κ3) is 5.91. The predicted molar refractivity (Wildman–Crippen MR) is 118 cm³/mol. The highest BCUT2D eigenvalue weighted by Crippen LogP contribution is 2.18. The molecule has 2 aromatic carbocycles. The molecule has 3 aromatic rings. The number of amides is 2. The number of hydrogen-bond acceptors (Lipinski definition) is 5. The standard InChI is InChI=1S/C22H24FN5O2S/c1-3-15-9-11-16(12-10-15)25-20(29)14-31-22-27-26-19(28(22)4-2)13-24-21(30)17-7-5-6-8-18(17)23/h5-12H,3-4,13-14H2,1-2H3,(H,24,30)(H,25,29). The first-order valence-corrected chi connectivity index (χ1v) is 11.0. The van der Waals surface area contributed by atoms with E-state index in [1.165, 1.54) is 35.5 Å². The Balaban J connectivity index is 1.56. The molecule has 7 nitrogen and oxygen atoms in total. The maximum atomic E-state index is 13.8. The molecule has 0 fully saturated rings. The summed E-state index contributed by atoms with van der Waals surface area (Å²) in [7, 11) is 0. The number of rotatable bonds is 9. The van der Waals surface area contributed by atoms with Crippen molar-refractivity contribution in [2.75, 3.05) is 11.1 Å². The number of nitrogens with one attached hydrogen (secondary N) is 2. The number of hydrogen-bond donors (Lipinski definition) is 2. The largest absolute Gasteiger partial charge is 0.345 e. The lowest BCUT2D eigenvalue weighted by molar-refractivity contribution is -0.113. The number of anilines is 1. The van der Waals surface area contributed by atoms with E-state index in [0.29, 0.717) is 17.5 Å². The molecule has 0 aliphatic rings. The summed E-state index contributed by atoms with van der Waals surface area (Å²) < 4.78 is 15.6. The zero-order valence-corrected chi connectivity index (χ0v) is 18.2. The minimum Gasteiger partial charge on any atom is -0.345 e. The highest BCUT2D eigenvalue weighted by atomic mass is 32.2. The van der Waals surface area contributed by atoms with E-state index in [4.69, 9.17) is 0 Å². The Morgan fingerprint density at radius 2 is 1.81 bits per heavy atom.